The number of Topliss-reactive ketones (excluding diaryl/α,β-unsaturated/α-hetero) is 1. The zero-order chi connectivity index (χ0) is 23.3. The van der Waals surface area contributed by atoms with Crippen LogP contribution in [0, 0.1) is 12.3 Å². The van der Waals surface area contributed by atoms with Gasteiger partial charge in [-0.2, -0.15) is 5.10 Å². The number of hydrogen-bond acceptors (Lipinski definition) is 4. The molecule has 2 N–H and O–H groups in total. The first-order valence-electron chi connectivity index (χ1n) is 11.0. The van der Waals surface area contributed by atoms with Gasteiger partial charge in [0.25, 0.3) is 5.91 Å². The number of nitrogens with zero attached hydrogens (tertiary/aromatic N) is 2. The topological polar surface area (TPSA) is 76.0 Å². The lowest BCUT2D eigenvalue weighted by Gasteiger charge is -2.39. The van der Waals surface area contributed by atoms with Crippen molar-refractivity contribution in [1.29, 1.82) is 0 Å². The molecule has 33 heavy (non-hydrogen) atoms. The largest absolute Gasteiger partial charge is 0.343 e. The number of hydrogen-bond donors (Lipinski definition) is 2. The number of carbonyl (C=O) groups excluding carboxylic acids is 2. The summed E-state index contributed by atoms with van der Waals surface area (Å²) >= 11 is 6.30. The van der Waals surface area contributed by atoms with Gasteiger partial charge in [-0.1, -0.05) is 49.7 Å². The van der Waals surface area contributed by atoms with Gasteiger partial charge in [-0.05, 0) is 54.2 Å². The number of nitrogens with one attached hydrogen (secondary N) is 2. The third-order valence-electron chi connectivity index (χ3n) is 6.19. The van der Waals surface area contributed by atoms with E-state index in [-0.39, 0.29) is 17.1 Å². The van der Waals surface area contributed by atoms with E-state index in [9.17, 15) is 9.59 Å². The molecule has 1 amide bonds. The number of benzene rings is 2. The lowest BCUT2D eigenvalue weighted by molar-refractivity contribution is -0.118. The summed E-state index contributed by atoms with van der Waals surface area (Å²) in [6.45, 7) is 6.15. The van der Waals surface area contributed by atoms with Gasteiger partial charge < -0.3 is 10.6 Å². The Hall–Kier alpha value is -3.38. The van der Waals surface area contributed by atoms with Crippen molar-refractivity contribution in [1.82, 2.24) is 9.78 Å². The molecule has 0 fully saturated rings. The minimum absolute atomic E-state index is 0.0886. The third-order valence-corrected chi connectivity index (χ3v) is 6.42. The van der Waals surface area contributed by atoms with Gasteiger partial charge in [0.05, 0.1) is 6.20 Å². The number of aromatic nitrogens is 2. The van der Waals surface area contributed by atoms with Crippen LogP contribution >= 0.6 is 11.6 Å². The molecule has 6 nitrogen and oxygen atoms in total. The predicted molar refractivity (Wildman–Crippen MR) is 130 cm³/mol. The van der Waals surface area contributed by atoms with Gasteiger partial charge in [-0.25, -0.2) is 4.68 Å². The van der Waals surface area contributed by atoms with Crippen LogP contribution in [0.3, 0.4) is 0 Å². The van der Waals surface area contributed by atoms with Crippen LogP contribution in [0.1, 0.15) is 54.2 Å². The summed E-state index contributed by atoms with van der Waals surface area (Å²) in [5.74, 6) is 0.407. The summed E-state index contributed by atoms with van der Waals surface area (Å²) in [6, 6.07) is 14.7. The molecule has 7 heteroatoms. The second kappa shape index (κ2) is 7.89. The summed E-state index contributed by atoms with van der Waals surface area (Å²) in [5.41, 5.74) is 4.42. The van der Waals surface area contributed by atoms with Crippen molar-refractivity contribution in [2.24, 2.45) is 5.41 Å². The van der Waals surface area contributed by atoms with E-state index in [4.69, 9.17) is 11.6 Å². The molecule has 0 radical (unpaired) electrons. The van der Waals surface area contributed by atoms with E-state index < -0.39 is 6.04 Å². The van der Waals surface area contributed by atoms with Crippen molar-refractivity contribution in [2.75, 3.05) is 10.6 Å². The van der Waals surface area contributed by atoms with E-state index in [0.717, 1.165) is 22.5 Å². The first kappa shape index (κ1) is 21.5. The molecule has 1 aliphatic carbocycles. The Morgan fingerprint density at radius 3 is 2.73 bits per heavy atom. The molecule has 0 unspecified atom stereocenters. The summed E-state index contributed by atoms with van der Waals surface area (Å²) < 4.78 is 1.73. The van der Waals surface area contributed by atoms with Gasteiger partial charge >= 0.3 is 0 Å². The van der Waals surface area contributed by atoms with E-state index >= 15 is 0 Å². The number of carbonyl (C=O) groups is 2. The number of aryl methyl sites for hydroxylation is 1. The SMILES string of the molecule is Cc1cccc(NC(=O)c2cnn3c2NC2=C(C(=O)CC(C)(C)C2)[C@@H]3c2cccc(Cl)c2)c1. The quantitative estimate of drug-likeness (QED) is 0.521. The fraction of sp³-hybridized carbons (Fsp3) is 0.269. The Kier molecular flexibility index (Phi) is 5.13. The maximum Gasteiger partial charge on any atom is 0.261 e. The Morgan fingerprint density at radius 2 is 1.97 bits per heavy atom. The molecule has 0 saturated heterocycles. The van der Waals surface area contributed by atoms with Crippen LogP contribution < -0.4 is 10.6 Å². The smallest absolute Gasteiger partial charge is 0.261 e. The van der Waals surface area contributed by atoms with Crippen LogP contribution in [0.15, 0.2) is 66.0 Å². The van der Waals surface area contributed by atoms with Crippen LogP contribution in [0.5, 0.6) is 0 Å². The molecule has 2 heterocycles. The monoisotopic (exact) mass is 460 g/mol. The number of anilines is 2. The minimum Gasteiger partial charge on any atom is -0.343 e. The van der Waals surface area contributed by atoms with E-state index in [1.165, 1.54) is 0 Å². The number of allylic oxidation sites excluding steroid dienone is 2. The number of ketones is 1. The summed E-state index contributed by atoms with van der Waals surface area (Å²) in [5, 5.41) is 11.5. The second-order valence-corrected chi connectivity index (χ2v) is 10.0. The predicted octanol–water partition coefficient (Wildman–Crippen LogP) is 5.76. The van der Waals surface area contributed by atoms with Crippen molar-refractivity contribution in [3.63, 3.8) is 0 Å². The van der Waals surface area contributed by atoms with Gasteiger partial charge in [0.15, 0.2) is 5.78 Å². The molecule has 0 spiro atoms. The Bertz CT molecular complexity index is 1320. The first-order valence-corrected chi connectivity index (χ1v) is 11.3. The average Bonchev–Trinajstić information content (AvgIpc) is 3.15. The van der Waals surface area contributed by atoms with Crippen molar-refractivity contribution in [2.45, 2.75) is 39.7 Å². The molecular formula is C26H25ClN4O2. The maximum atomic E-state index is 13.3. The summed E-state index contributed by atoms with van der Waals surface area (Å²) in [6.07, 6.45) is 2.72. The molecular weight excluding hydrogens is 436 g/mol. The lowest BCUT2D eigenvalue weighted by Crippen LogP contribution is -2.37. The van der Waals surface area contributed by atoms with E-state index in [1.807, 2.05) is 49.4 Å². The number of amides is 1. The highest BCUT2D eigenvalue weighted by molar-refractivity contribution is 6.30. The molecule has 0 saturated carbocycles. The fourth-order valence-electron chi connectivity index (χ4n) is 4.78. The first-order chi connectivity index (χ1) is 15.7. The van der Waals surface area contributed by atoms with Gasteiger partial charge in [0.1, 0.15) is 17.4 Å². The highest BCUT2D eigenvalue weighted by Gasteiger charge is 2.42. The highest BCUT2D eigenvalue weighted by Crippen LogP contribution is 2.46. The minimum atomic E-state index is -0.445. The molecule has 168 valence electrons. The molecule has 5 rings (SSSR count). The number of halogens is 1. The fourth-order valence-corrected chi connectivity index (χ4v) is 4.98. The number of rotatable bonds is 3. The molecule has 1 aromatic heterocycles. The van der Waals surface area contributed by atoms with Gasteiger partial charge in [-0.3, -0.25) is 9.59 Å². The third kappa shape index (κ3) is 3.95. The zero-order valence-electron chi connectivity index (χ0n) is 18.8. The normalized spacial score (nSPS) is 18.9. The molecule has 2 aromatic carbocycles. The molecule has 2 aliphatic rings. The average molecular weight is 461 g/mol. The highest BCUT2D eigenvalue weighted by atomic mass is 35.5. The van der Waals surface area contributed by atoms with Crippen molar-refractivity contribution >= 4 is 34.8 Å². The van der Waals surface area contributed by atoms with Gasteiger partial charge in [0, 0.05) is 28.4 Å². The van der Waals surface area contributed by atoms with Crippen LogP contribution in [-0.4, -0.2) is 21.5 Å². The van der Waals surface area contributed by atoms with Crippen molar-refractivity contribution in [3.05, 3.63) is 87.7 Å². The van der Waals surface area contributed by atoms with E-state index in [1.54, 1.807) is 16.9 Å². The van der Waals surface area contributed by atoms with Gasteiger partial charge in [0.2, 0.25) is 0 Å². The van der Waals surface area contributed by atoms with Crippen molar-refractivity contribution in [3.8, 4) is 0 Å². The molecule has 1 atom stereocenters. The standard InChI is InChI=1S/C26H25ClN4O2/c1-15-6-4-9-18(10-15)29-25(33)19-14-28-31-23(16-7-5-8-17(27)11-16)22-20(30-24(19)31)12-26(2,3)13-21(22)32/h4-11,14,23,30H,12-13H2,1-3H3,(H,29,33)/t23-/m0/s1. The molecule has 3 aromatic rings. The van der Waals surface area contributed by atoms with E-state index in [0.29, 0.717) is 34.8 Å². The van der Waals surface area contributed by atoms with Crippen LogP contribution in [0.4, 0.5) is 11.5 Å². The van der Waals surface area contributed by atoms with Crippen LogP contribution in [0.2, 0.25) is 5.02 Å². The van der Waals surface area contributed by atoms with Gasteiger partial charge in [-0.15, -0.1) is 0 Å². The van der Waals surface area contributed by atoms with Crippen LogP contribution in [-0.2, 0) is 4.79 Å². The summed E-state index contributed by atoms with van der Waals surface area (Å²) in [7, 11) is 0. The Morgan fingerprint density at radius 1 is 1.18 bits per heavy atom. The summed E-state index contributed by atoms with van der Waals surface area (Å²) in [4.78, 5) is 26.5. The molecule has 0 bridgehead atoms. The maximum absolute atomic E-state index is 13.3. The lowest BCUT2D eigenvalue weighted by atomic mass is 9.73. The zero-order valence-corrected chi connectivity index (χ0v) is 19.5. The van der Waals surface area contributed by atoms with Crippen LogP contribution in [0.25, 0.3) is 0 Å². The number of fused-ring (bicyclic) bond motifs is 1. The Balaban J connectivity index is 1.60. The van der Waals surface area contributed by atoms with Crippen molar-refractivity contribution < 1.29 is 9.59 Å². The second-order valence-electron chi connectivity index (χ2n) is 9.59. The van der Waals surface area contributed by atoms with E-state index in [2.05, 4.69) is 29.6 Å². The Labute approximate surface area is 197 Å². The molecule has 1 aliphatic heterocycles.